The number of methoxy groups -OCH3 is 3. The van der Waals surface area contributed by atoms with Gasteiger partial charge in [0.2, 0.25) is 0 Å². The Morgan fingerprint density at radius 2 is 1.79 bits per heavy atom. The predicted molar refractivity (Wildman–Crippen MR) is 130 cm³/mol. The predicted octanol–water partition coefficient (Wildman–Crippen LogP) is 5.31. The number of rotatable bonds is 7. The lowest BCUT2D eigenvalue weighted by atomic mass is 10.2. The standard InChI is InChI=1S/C25H21N3O5S/c1-30-17-9-10-19(32-3)23-21(17)27-25(34-23)28(14-15-6-5-11-26-13-15)24(29)20-12-16-7-4-8-18(31-2)22(16)33-20/h4-13H,14H2,1-3H3. The van der Waals surface area contributed by atoms with Gasteiger partial charge in [0.25, 0.3) is 5.91 Å². The number of ether oxygens (including phenoxy) is 3. The van der Waals surface area contributed by atoms with Gasteiger partial charge >= 0.3 is 0 Å². The number of para-hydroxylation sites is 1. The zero-order valence-electron chi connectivity index (χ0n) is 18.8. The fourth-order valence-corrected chi connectivity index (χ4v) is 4.80. The summed E-state index contributed by atoms with van der Waals surface area (Å²) in [6.45, 7) is 0.255. The number of nitrogens with zero attached hydrogens (tertiary/aromatic N) is 3. The van der Waals surface area contributed by atoms with Crippen LogP contribution in [0.25, 0.3) is 21.2 Å². The number of amides is 1. The van der Waals surface area contributed by atoms with E-state index in [2.05, 4.69) is 4.98 Å². The molecule has 34 heavy (non-hydrogen) atoms. The van der Waals surface area contributed by atoms with Crippen molar-refractivity contribution in [3.05, 3.63) is 72.2 Å². The van der Waals surface area contributed by atoms with Crippen LogP contribution in [0.3, 0.4) is 0 Å². The third-order valence-corrected chi connectivity index (χ3v) is 6.47. The maximum atomic E-state index is 13.8. The molecule has 8 nitrogen and oxygen atoms in total. The second kappa shape index (κ2) is 9.03. The first-order valence-corrected chi connectivity index (χ1v) is 11.2. The summed E-state index contributed by atoms with van der Waals surface area (Å²) in [6, 6.07) is 14.6. The maximum absolute atomic E-state index is 13.8. The van der Waals surface area contributed by atoms with Crippen LogP contribution in [0.2, 0.25) is 0 Å². The lowest BCUT2D eigenvalue weighted by Gasteiger charge is -2.18. The van der Waals surface area contributed by atoms with Crippen molar-refractivity contribution in [1.29, 1.82) is 0 Å². The van der Waals surface area contributed by atoms with Crippen molar-refractivity contribution in [2.75, 3.05) is 26.2 Å². The number of furan rings is 1. The second-order valence-electron chi connectivity index (χ2n) is 7.39. The molecule has 0 saturated heterocycles. The average molecular weight is 476 g/mol. The third-order valence-electron chi connectivity index (χ3n) is 5.38. The van der Waals surface area contributed by atoms with E-state index in [0.29, 0.717) is 33.5 Å². The maximum Gasteiger partial charge on any atom is 0.296 e. The Bertz CT molecular complexity index is 1440. The molecule has 0 aliphatic heterocycles. The number of aromatic nitrogens is 2. The normalized spacial score (nSPS) is 11.0. The van der Waals surface area contributed by atoms with Crippen LogP contribution < -0.4 is 19.1 Å². The molecule has 2 aromatic carbocycles. The topological polar surface area (TPSA) is 86.9 Å². The van der Waals surface area contributed by atoms with Gasteiger partial charge in [-0.25, -0.2) is 4.98 Å². The molecule has 3 aromatic heterocycles. The van der Waals surface area contributed by atoms with Crippen LogP contribution in [0.1, 0.15) is 16.1 Å². The lowest BCUT2D eigenvalue weighted by Crippen LogP contribution is -2.30. The van der Waals surface area contributed by atoms with Crippen molar-refractivity contribution in [3.63, 3.8) is 0 Å². The van der Waals surface area contributed by atoms with E-state index in [0.717, 1.165) is 15.6 Å². The highest BCUT2D eigenvalue weighted by atomic mass is 32.1. The Kier molecular flexibility index (Phi) is 5.77. The highest BCUT2D eigenvalue weighted by molar-refractivity contribution is 7.22. The van der Waals surface area contributed by atoms with Gasteiger partial charge in [0.15, 0.2) is 22.2 Å². The van der Waals surface area contributed by atoms with Gasteiger partial charge in [0.1, 0.15) is 21.7 Å². The van der Waals surface area contributed by atoms with Crippen LogP contribution in [-0.4, -0.2) is 37.2 Å². The molecule has 0 fully saturated rings. The number of benzene rings is 2. The van der Waals surface area contributed by atoms with Crippen LogP contribution >= 0.6 is 11.3 Å². The number of hydrogen-bond donors (Lipinski definition) is 0. The molecule has 0 spiro atoms. The molecular formula is C25H21N3O5S. The molecular weight excluding hydrogens is 454 g/mol. The smallest absolute Gasteiger partial charge is 0.296 e. The summed E-state index contributed by atoms with van der Waals surface area (Å²) < 4.78 is 23.1. The highest BCUT2D eigenvalue weighted by Crippen LogP contribution is 2.41. The average Bonchev–Trinajstić information content (AvgIpc) is 3.52. The van der Waals surface area contributed by atoms with Crippen molar-refractivity contribution in [3.8, 4) is 17.2 Å². The minimum Gasteiger partial charge on any atom is -0.495 e. The first-order valence-electron chi connectivity index (χ1n) is 10.4. The Hall–Kier alpha value is -4.11. The molecule has 0 N–H and O–H groups in total. The molecule has 172 valence electrons. The van der Waals surface area contributed by atoms with Crippen molar-refractivity contribution < 1.29 is 23.4 Å². The van der Waals surface area contributed by atoms with Gasteiger partial charge in [-0.05, 0) is 35.9 Å². The van der Waals surface area contributed by atoms with Gasteiger partial charge < -0.3 is 18.6 Å². The molecule has 0 saturated carbocycles. The summed E-state index contributed by atoms with van der Waals surface area (Å²) >= 11 is 1.35. The Morgan fingerprint density at radius 1 is 1.00 bits per heavy atom. The lowest BCUT2D eigenvalue weighted by molar-refractivity contribution is 0.0960. The number of hydrogen-bond acceptors (Lipinski definition) is 8. The van der Waals surface area contributed by atoms with E-state index in [9.17, 15) is 4.79 Å². The van der Waals surface area contributed by atoms with Crippen LogP contribution in [0.5, 0.6) is 17.2 Å². The van der Waals surface area contributed by atoms with Crippen LogP contribution in [0.4, 0.5) is 5.13 Å². The third kappa shape index (κ3) is 3.80. The van der Waals surface area contributed by atoms with E-state index in [1.807, 2.05) is 30.3 Å². The van der Waals surface area contributed by atoms with Crippen LogP contribution in [0, 0.1) is 0 Å². The number of carbonyl (C=O) groups excluding carboxylic acids is 1. The Balaban J connectivity index is 1.64. The molecule has 5 aromatic rings. The van der Waals surface area contributed by atoms with Gasteiger partial charge in [-0.1, -0.05) is 29.5 Å². The van der Waals surface area contributed by atoms with Gasteiger partial charge in [-0.2, -0.15) is 0 Å². The summed E-state index contributed by atoms with van der Waals surface area (Å²) in [6.07, 6.45) is 3.41. The number of carbonyl (C=O) groups is 1. The summed E-state index contributed by atoms with van der Waals surface area (Å²) in [4.78, 5) is 24.3. The molecule has 0 aliphatic rings. The van der Waals surface area contributed by atoms with E-state index >= 15 is 0 Å². The van der Waals surface area contributed by atoms with Gasteiger partial charge in [0.05, 0.1) is 27.9 Å². The molecule has 0 bridgehead atoms. The molecule has 0 unspecified atom stereocenters. The summed E-state index contributed by atoms with van der Waals surface area (Å²) in [5.74, 6) is 1.66. The van der Waals surface area contributed by atoms with Crippen LogP contribution in [-0.2, 0) is 6.54 Å². The molecule has 0 aliphatic carbocycles. The fraction of sp³-hybridized carbons (Fsp3) is 0.160. The van der Waals surface area contributed by atoms with Crippen molar-refractivity contribution in [2.24, 2.45) is 0 Å². The molecule has 9 heteroatoms. The highest BCUT2D eigenvalue weighted by Gasteiger charge is 2.27. The zero-order chi connectivity index (χ0) is 23.7. The minimum atomic E-state index is -0.334. The second-order valence-corrected chi connectivity index (χ2v) is 8.36. The number of anilines is 1. The van der Waals surface area contributed by atoms with Crippen LogP contribution in [0.15, 0.2) is 65.3 Å². The molecule has 0 radical (unpaired) electrons. The quantitative estimate of drug-likeness (QED) is 0.315. The monoisotopic (exact) mass is 475 g/mol. The number of thiazole rings is 1. The fourth-order valence-electron chi connectivity index (χ4n) is 3.73. The number of fused-ring (bicyclic) bond motifs is 2. The van der Waals surface area contributed by atoms with Crippen molar-refractivity contribution >= 4 is 43.6 Å². The van der Waals surface area contributed by atoms with Gasteiger partial charge in [-0.15, -0.1) is 0 Å². The minimum absolute atomic E-state index is 0.182. The molecule has 5 rings (SSSR count). The van der Waals surface area contributed by atoms with Crippen molar-refractivity contribution in [2.45, 2.75) is 6.54 Å². The first kappa shape index (κ1) is 21.7. The van der Waals surface area contributed by atoms with Crippen molar-refractivity contribution in [1.82, 2.24) is 9.97 Å². The van der Waals surface area contributed by atoms with Gasteiger partial charge in [-0.3, -0.25) is 14.7 Å². The van der Waals surface area contributed by atoms with E-state index in [4.69, 9.17) is 23.6 Å². The van der Waals surface area contributed by atoms with E-state index in [-0.39, 0.29) is 18.2 Å². The summed E-state index contributed by atoms with van der Waals surface area (Å²) in [5, 5.41) is 1.26. The summed E-state index contributed by atoms with van der Waals surface area (Å²) in [5.41, 5.74) is 1.99. The summed E-state index contributed by atoms with van der Waals surface area (Å²) in [7, 11) is 4.75. The molecule has 3 heterocycles. The van der Waals surface area contributed by atoms with E-state index in [1.54, 1.807) is 56.8 Å². The van der Waals surface area contributed by atoms with E-state index in [1.165, 1.54) is 11.3 Å². The SMILES string of the molecule is COc1ccc(OC)c2sc(N(Cc3cccnc3)C(=O)c3cc4cccc(OC)c4o3)nc12. The molecule has 0 atom stereocenters. The molecule has 1 amide bonds. The largest absolute Gasteiger partial charge is 0.495 e. The number of pyridine rings is 1. The Labute approximate surface area is 199 Å². The Morgan fingerprint density at radius 3 is 2.53 bits per heavy atom. The first-order chi connectivity index (χ1) is 16.6. The van der Waals surface area contributed by atoms with E-state index < -0.39 is 0 Å². The van der Waals surface area contributed by atoms with Gasteiger partial charge in [0, 0.05) is 17.8 Å². The zero-order valence-corrected chi connectivity index (χ0v) is 19.6.